The fraction of sp³-hybridized carbons (Fsp3) is 0.190. The molecule has 0 spiro atoms. The zero-order valence-electron chi connectivity index (χ0n) is 15.0. The first-order chi connectivity index (χ1) is 13.4. The predicted molar refractivity (Wildman–Crippen MR) is 105 cm³/mol. The molecule has 0 saturated carbocycles. The lowest BCUT2D eigenvalue weighted by molar-refractivity contribution is -0.122. The molecule has 142 valence electrons. The van der Waals surface area contributed by atoms with Crippen molar-refractivity contribution in [1.82, 2.24) is 0 Å². The van der Waals surface area contributed by atoms with Crippen molar-refractivity contribution >= 4 is 40.1 Å². The van der Waals surface area contributed by atoms with Crippen LogP contribution in [0.1, 0.15) is 23.0 Å². The fourth-order valence-corrected chi connectivity index (χ4v) is 3.61. The Kier molecular flexibility index (Phi) is 4.65. The van der Waals surface area contributed by atoms with Crippen LogP contribution in [0.25, 0.3) is 11.0 Å². The SMILES string of the molecule is C[C@@H]1Cc2ccccc2N1C(=O)COC(=O)c1cc(=O)c2cc(Cl)ccc2o1. The van der Waals surface area contributed by atoms with Crippen molar-refractivity contribution in [2.45, 2.75) is 19.4 Å². The molecule has 1 aromatic heterocycles. The second-order valence-corrected chi connectivity index (χ2v) is 7.07. The number of halogens is 1. The molecular formula is C21H16ClNO5. The van der Waals surface area contributed by atoms with Gasteiger partial charge in [0.15, 0.2) is 12.0 Å². The van der Waals surface area contributed by atoms with E-state index in [9.17, 15) is 14.4 Å². The highest BCUT2D eigenvalue weighted by Crippen LogP contribution is 2.31. The number of hydrogen-bond acceptors (Lipinski definition) is 5. The zero-order valence-corrected chi connectivity index (χ0v) is 15.7. The molecule has 6 nitrogen and oxygen atoms in total. The average Bonchev–Trinajstić information content (AvgIpc) is 3.02. The number of benzene rings is 2. The van der Waals surface area contributed by atoms with Crippen LogP contribution in [-0.2, 0) is 16.0 Å². The molecule has 0 unspecified atom stereocenters. The minimum atomic E-state index is -0.873. The third kappa shape index (κ3) is 3.27. The summed E-state index contributed by atoms with van der Waals surface area (Å²) in [5, 5.41) is 0.656. The molecule has 4 rings (SSSR count). The van der Waals surface area contributed by atoms with Gasteiger partial charge in [-0.1, -0.05) is 29.8 Å². The number of hydrogen-bond donors (Lipinski definition) is 0. The van der Waals surface area contributed by atoms with Crippen LogP contribution in [0.5, 0.6) is 0 Å². The standard InChI is InChI=1S/C21H16ClNO5/c1-12-8-13-4-2-3-5-16(13)23(12)20(25)11-27-21(26)19-10-17(24)15-9-14(22)6-7-18(15)28-19/h2-7,9-10,12H,8,11H2,1H3/t12-/m1/s1. The molecule has 0 radical (unpaired) electrons. The van der Waals surface area contributed by atoms with Gasteiger partial charge in [0, 0.05) is 22.8 Å². The van der Waals surface area contributed by atoms with Gasteiger partial charge < -0.3 is 14.1 Å². The molecule has 0 saturated heterocycles. The summed E-state index contributed by atoms with van der Waals surface area (Å²) in [4.78, 5) is 38.7. The third-order valence-corrected chi connectivity index (χ3v) is 4.93. The first-order valence-electron chi connectivity index (χ1n) is 8.74. The van der Waals surface area contributed by atoms with Crippen LogP contribution >= 0.6 is 11.6 Å². The number of nitrogens with zero attached hydrogens (tertiary/aromatic N) is 1. The van der Waals surface area contributed by atoms with E-state index in [1.165, 1.54) is 12.1 Å². The smallest absolute Gasteiger partial charge is 0.374 e. The third-order valence-electron chi connectivity index (χ3n) is 4.69. The van der Waals surface area contributed by atoms with Gasteiger partial charge in [-0.3, -0.25) is 9.59 Å². The highest BCUT2D eigenvalue weighted by atomic mass is 35.5. The van der Waals surface area contributed by atoms with Gasteiger partial charge in [-0.25, -0.2) is 4.79 Å². The van der Waals surface area contributed by atoms with Gasteiger partial charge in [-0.2, -0.15) is 0 Å². The molecular weight excluding hydrogens is 382 g/mol. The molecule has 3 aromatic rings. The Balaban J connectivity index is 1.50. The fourth-order valence-electron chi connectivity index (χ4n) is 3.44. The van der Waals surface area contributed by atoms with E-state index in [1.54, 1.807) is 11.0 Å². The van der Waals surface area contributed by atoms with Gasteiger partial charge >= 0.3 is 5.97 Å². The Bertz CT molecular complexity index is 1150. The van der Waals surface area contributed by atoms with Gasteiger partial charge in [0.25, 0.3) is 5.91 Å². The molecule has 2 heterocycles. The Morgan fingerprint density at radius 1 is 1.21 bits per heavy atom. The Morgan fingerprint density at radius 3 is 2.82 bits per heavy atom. The van der Waals surface area contributed by atoms with Gasteiger partial charge in [0.2, 0.25) is 5.76 Å². The van der Waals surface area contributed by atoms with E-state index >= 15 is 0 Å². The van der Waals surface area contributed by atoms with E-state index < -0.39 is 18.0 Å². The number of amides is 1. The lowest BCUT2D eigenvalue weighted by Gasteiger charge is -2.22. The van der Waals surface area contributed by atoms with E-state index in [1.807, 2.05) is 31.2 Å². The molecule has 28 heavy (non-hydrogen) atoms. The van der Waals surface area contributed by atoms with Crippen LogP contribution in [0.2, 0.25) is 5.02 Å². The number of para-hydroxylation sites is 1. The number of ether oxygens (including phenoxy) is 1. The van der Waals surface area contributed by atoms with Crippen molar-refractivity contribution in [3.05, 3.63) is 75.1 Å². The van der Waals surface area contributed by atoms with Gasteiger partial charge in [-0.05, 0) is 43.2 Å². The minimum Gasteiger partial charge on any atom is -0.450 e. The van der Waals surface area contributed by atoms with Crippen molar-refractivity contribution in [1.29, 1.82) is 0 Å². The second-order valence-electron chi connectivity index (χ2n) is 6.64. The number of carbonyl (C=O) groups excluding carboxylic acids is 2. The highest BCUT2D eigenvalue weighted by Gasteiger charge is 2.31. The van der Waals surface area contributed by atoms with Crippen LogP contribution in [0.3, 0.4) is 0 Å². The molecule has 1 aliphatic heterocycles. The summed E-state index contributed by atoms with van der Waals surface area (Å²) in [5.74, 6) is -1.47. The predicted octanol–water partition coefficient (Wildman–Crippen LogP) is 3.58. The minimum absolute atomic E-state index is 0.0213. The van der Waals surface area contributed by atoms with Crippen molar-refractivity contribution in [2.75, 3.05) is 11.5 Å². The molecule has 1 aliphatic rings. The topological polar surface area (TPSA) is 76.8 Å². The molecule has 1 atom stereocenters. The number of carbonyl (C=O) groups is 2. The van der Waals surface area contributed by atoms with E-state index in [0.717, 1.165) is 23.7 Å². The van der Waals surface area contributed by atoms with Gasteiger partial charge in [0.1, 0.15) is 5.58 Å². The van der Waals surface area contributed by atoms with E-state index in [-0.39, 0.29) is 28.7 Å². The summed E-state index contributed by atoms with van der Waals surface area (Å²) in [6.07, 6.45) is 0.748. The summed E-state index contributed by atoms with van der Waals surface area (Å²) in [6.45, 7) is 1.49. The molecule has 0 N–H and O–H groups in total. The monoisotopic (exact) mass is 397 g/mol. The Hall–Kier alpha value is -3.12. The first-order valence-corrected chi connectivity index (χ1v) is 9.12. The maximum Gasteiger partial charge on any atom is 0.374 e. The molecule has 2 aromatic carbocycles. The summed E-state index contributed by atoms with van der Waals surface area (Å²) in [5.41, 5.74) is 1.71. The van der Waals surface area contributed by atoms with Crippen LogP contribution in [0.4, 0.5) is 5.69 Å². The van der Waals surface area contributed by atoms with E-state index in [2.05, 4.69) is 0 Å². The number of esters is 1. The molecule has 0 aliphatic carbocycles. The highest BCUT2D eigenvalue weighted by molar-refractivity contribution is 6.31. The Morgan fingerprint density at radius 2 is 2.00 bits per heavy atom. The largest absolute Gasteiger partial charge is 0.450 e. The molecule has 1 amide bonds. The molecule has 0 bridgehead atoms. The van der Waals surface area contributed by atoms with Crippen molar-refractivity contribution in [2.24, 2.45) is 0 Å². The van der Waals surface area contributed by atoms with E-state index in [0.29, 0.717) is 5.02 Å². The van der Waals surface area contributed by atoms with Crippen molar-refractivity contribution < 1.29 is 18.7 Å². The molecule has 7 heteroatoms. The second kappa shape index (κ2) is 7.13. The van der Waals surface area contributed by atoms with Crippen molar-refractivity contribution in [3.63, 3.8) is 0 Å². The maximum absolute atomic E-state index is 12.6. The summed E-state index contributed by atoms with van der Waals surface area (Å²) < 4.78 is 10.5. The van der Waals surface area contributed by atoms with Crippen LogP contribution in [0.15, 0.2) is 57.7 Å². The summed E-state index contributed by atoms with van der Waals surface area (Å²) in [7, 11) is 0. The summed E-state index contributed by atoms with van der Waals surface area (Å²) in [6, 6.07) is 13.2. The van der Waals surface area contributed by atoms with Gasteiger partial charge in [0.05, 0.1) is 5.39 Å². The number of fused-ring (bicyclic) bond motifs is 2. The van der Waals surface area contributed by atoms with Gasteiger partial charge in [-0.15, -0.1) is 0 Å². The van der Waals surface area contributed by atoms with Crippen molar-refractivity contribution in [3.8, 4) is 0 Å². The van der Waals surface area contributed by atoms with E-state index in [4.69, 9.17) is 20.8 Å². The van der Waals surface area contributed by atoms with Crippen LogP contribution in [0, 0.1) is 0 Å². The quantitative estimate of drug-likeness (QED) is 0.631. The van der Waals surface area contributed by atoms with Crippen LogP contribution < -0.4 is 10.3 Å². The lowest BCUT2D eigenvalue weighted by atomic mass is 10.1. The zero-order chi connectivity index (χ0) is 19.8. The normalized spacial score (nSPS) is 15.5. The van der Waals surface area contributed by atoms with Crippen LogP contribution in [-0.4, -0.2) is 24.5 Å². The number of anilines is 1. The summed E-state index contributed by atoms with van der Waals surface area (Å²) >= 11 is 5.87. The maximum atomic E-state index is 12.6. The molecule has 0 fully saturated rings. The Labute approximate surface area is 165 Å². The average molecular weight is 398 g/mol. The first kappa shape index (κ1) is 18.3. The number of rotatable bonds is 3. The lowest BCUT2D eigenvalue weighted by Crippen LogP contribution is -2.38.